The number of rotatable bonds is 3. The van der Waals surface area contributed by atoms with E-state index in [1.54, 1.807) is 28.8 Å². The molecule has 6 heteroatoms. The van der Waals surface area contributed by atoms with Crippen LogP contribution in [0.1, 0.15) is 28.7 Å². The molecule has 3 rings (SSSR count). The van der Waals surface area contributed by atoms with Crippen LogP contribution < -0.4 is 5.32 Å². The standard InChI is InChI=1S/C17H15Cl2N3O/c1-3-14-16(22-7-6-11(18)8-15(22)21-14)17(23)20-12-5-4-10(2)13(19)9-12/h4-9H,3H2,1-2H3,(H,20,23). The molecule has 0 atom stereocenters. The van der Waals surface area contributed by atoms with E-state index in [1.165, 1.54) is 0 Å². The lowest BCUT2D eigenvalue weighted by Crippen LogP contribution is -2.16. The molecule has 0 saturated heterocycles. The van der Waals surface area contributed by atoms with E-state index in [0.29, 0.717) is 33.5 Å². The average Bonchev–Trinajstić information content (AvgIpc) is 2.88. The molecule has 2 aromatic heterocycles. The highest BCUT2D eigenvalue weighted by Gasteiger charge is 2.18. The van der Waals surface area contributed by atoms with Gasteiger partial charge in [0.2, 0.25) is 0 Å². The van der Waals surface area contributed by atoms with Crippen LogP contribution in [0.15, 0.2) is 36.5 Å². The molecule has 2 heterocycles. The fourth-order valence-electron chi connectivity index (χ4n) is 2.42. The molecule has 0 aliphatic rings. The Kier molecular flexibility index (Phi) is 4.28. The van der Waals surface area contributed by atoms with Gasteiger partial charge in [0.15, 0.2) is 0 Å². The summed E-state index contributed by atoms with van der Waals surface area (Å²) >= 11 is 12.1. The van der Waals surface area contributed by atoms with Crippen LogP contribution in [0.25, 0.3) is 5.65 Å². The van der Waals surface area contributed by atoms with Gasteiger partial charge in [-0.25, -0.2) is 4.98 Å². The monoisotopic (exact) mass is 347 g/mol. The van der Waals surface area contributed by atoms with Gasteiger partial charge in [-0.1, -0.05) is 36.2 Å². The molecular formula is C17H15Cl2N3O. The number of amides is 1. The molecule has 0 bridgehead atoms. The van der Waals surface area contributed by atoms with Crippen molar-refractivity contribution < 1.29 is 4.79 Å². The molecule has 0 unspecified atom stereocenters. The van der Waals surface area contributed by atoms with Crippen molar-refractivity contribution in [3.63, 3.8) is 0 Å². The number of fused-ring (bicyclic) bond motifs is 1. The first-order chi connectivity index (χ1) is 11.0. The molecule has 1 aromatic carbocycles. The van der Waals surface area contributed by atoms with Gasteiger partial charge < -0.3 is 5.32 Å². The van der Waals surface area contributed by atoms with E-state index < -0.39 is 0 Å². The number of hydrogen-bond acceptors (Lipinski definition) is 2. The van der Waals surface area contributed by atoms with Crippen LogP contribution in [0, 0.1) is 6.92 Å². The Hall–Kier alpha value is -2.04. The molecule has 3 aromatic rings. The summed E-state index contributed by atoms with van der Waals surface area (Å²) in [6.45, 7) is 3.88. The fourth-order valence-corrected chi connectivity index (χ4v) is 2.75. The Morgan fingerprint density at radius 3 is 2.74 bits per heavy atom. The minimum absolute atomic E-state index is 0.225. The summed E-state index contributed by atoms with van der Waals surface area (Å²) in [6, 6.07) is 8.90. The number of benzene rings is 1. The quantitative estimate of drug-likeness (QED) is 0.741. The smallest absolute Gasteiger partial charge is 0.274 e. The minimum atomic E-state index is -0.225. The van der Waals surface area contributed by atoms with Crippen LogP contribution in [0.3, 0.4) is 0 Å². The highest BCUT2D eigenvalue weighted by Crippen LogP contribution is 2.22. The highest BCUT2D eigenvalue weighted by atomic mass is 35.5. The second-order valence-corrected chi connectivity index (χ2v) is 6.10. The minimum Gasteiger partial charge on any atom is -0.321 e. The third kappa shape index (κ3) is 3.05. The summed E-state index contributed by atoms with van der Waals surface area (Å²) in [5.74, 6) is -0.225. The van der Waals surface area contributed by atoms with Crippen LogP contribution in [0.4, 0.5) is 5.69 Å². The second-order valence-electron chi connectivity index (χ2n) is 5.25. The molecule has 0 saturated carbocycles. The van der Waals surface area contributed by atoms with Crippen LogP contribution in [-0.4, -0.2) is 15.3 Å². The molecule has 0 spiro atoms. The predicted molar refractivity (Wildman–Crippen MR) is 93.7 cm³/mol. The van der Waals surface area contributed by atoms with Crippen molar-refractivity contribution in [2.75, 3.05) is 5.32 Å². The van der Waals surface area contributed by atoms with Crippen molar-refractivity contribution in [1.82, 2.24) is 9.38 Å². The first kappa shape index (κ1) is 15.8. The SMILES string of the molecule is CCc1nc2cc(Cl)ccn2c1C(=O)Nc1ccc(C)c(Cl)c1. The van der Waals surface area contributed by atoms with E-state index in [4.69, 9.17) is 23.2 Å². The maximum Gasteiger partial charge on any atom is 0.274 e. The van der Waals surface area contributed by atoms with Crippen molar-refractivity contribution in [3.8, 4) is 0 Å². The molecule has 118 valence electrons. The summed E-state index contributed by atoms with van der Waals surface area (Å²) < 4.78 is 1.75. The number of carbonyl (C=O) groups excluding carboxylic acids is 1. The number of anilines is 1. The maximum absolute atomic E-state index is 12.7. The zero-order chi connectivity index (χ0) is 16.6. The van der Waals surface area contributed by atoms with Gasteiger partial charge in [-0.05, 0) is 37.1 Å². The Bertz CT molecular complexity index is 902. The molecule has 0 aliphatic carbocycles. The van der Waals surface area contributed by atoms with Gasteiger partial charge in [0.1, 0.15) is 11.3 Å². The number of halogens is 2. The average molecular weight is 348 g/mol. The number of imidazole rings is 1. The predicted octanol–water partition coefficient (Wildman–Crippen LogP) is 4.76. The fraction of sp³-hybridized carbons (Fsp3) is 0.176. The van der Waals surface area contributed by atoms with E-state index in [0.717, 1.165) is 11.3 Å². The zero-order valence-electron chi connectivity index (χ0n) is 12.7. The molecule has 0 aliphatic heterocycles. The van der Waals surface area contributed by atoms with Crippen LogP contribution in [-0.2, 0) is 6.42 Å². The molecule has 0 radical (unpaired) electrons. The Balaban J connectivity index is 2.01. The number of carbonyl (C=O) groups is 1. The van der Waals surface area contributed by atoms with Gasteiger partial charge in [0, 0.05) is 28.0 Å². The summed E-state index contributed by atoms with van der Waals surface area (Å²) in [4.78, 5) is 17.2. The number of pyridine rings is 1. The first-order valence-corrected chi connectivity index (χ1v) is 7.99. The number of nitrogens with one attached hydrogen (secondary N) is 1. The van der Waals surface area contributed by atoms with Gasteiger partial charge in [-0.15, -0.1) is 0 Å². The molecule has 1 N–H and O–H groups in total. The van der Waals surface area contributed by atoms with E-state index in [2.05, 4.69) is 10.3 Å². The number of aryl methyl sites for hydroxylation is 2. The van der Waals surface area contributed by atoms with Crippen LogP contribution in [0.2, 0.25) is 10.0 Å². The maximum atomic E-state index is 12.7. The zero-order valence-corrected chi connectivity index (χ0v) is 14.2. The Morgan fingerprint density at radius 1 is 1.26 bits per heavy atom. The van der Waals surface area contributed by atoms with E-state index in [1.807, 2.05) is 26.0 Å². The van der Waals surface area contributed by atoms with Crippen LogP contribution >= 0.6 is 23.2 Å². The van der Waals surface area contributed by atoms with Crippen molar-refractivity contribution in [2.45, 2.75) is 20.3 Å². The molecule has 1 amide bonds. The van der Waals surface area contributed by atoms with Gasteiger partial charge in [0.25, 0.3) is 5.91 Å². The van der Waals surface area contributed by atoms with Crippen LogP contribution in [0.5, 0.6) is 0 Å². The van der Waals surface area contributed by atoms with Crippen molar-refractivity contribution in [2.24, 2.45) is 0 Å². The van der Waals surface area contributed by atoms with E-state index in [-0.39, 0.29) is 5.91 Å². The third-order valence-electron chi connectivity index (χ3n) is 3.64. The largest absolute Gasteiger partial charge is 0.321 e. The summed E-state index contributed by atoms with van der Waals surface area (Å²) in [5.41, 5.74) is 3.50. The number of aromatic nitrogens is 2. The van der Waals surface area contributed by atoms with Gasteiger partial charge in [-0.3, -0.25) is 9.20 Å². The molecule has 0 fully saturated rings. The molecule has 23 heavy (non-hydrogen) atoms. The third-order valence-corrected chi connectivity index (χ3v) is 4.28. The van der Waals surface area contributed by atoms with Gasteiger partial charge in [-0.2, -0.15) is 0 Å². The van der Waals surface area contributed by atoms with Gasteiger partial charge >= 0.3 is 0 Å². The summed E-state index contributed by atoms with van der Waals surface area (Å²) in [5, 5.41) is 4.08. The Labute approximate surface area is 144 Å². The first-order valence-electron chi connectivity index (χ1n) is 7.23. The summed E-state index contributed by atoms with van der Waals surface area (Å²) in [6.07, 6.45) is 2.40. The van der Waals surface area contributed by atoms with Crippen molar-refractivity contribution in [1.29, 1.82) is 0 Å². The van der Waals surface area contributed by atoms with E-state index >= 15 is 0 Å². The normalized spacial score (nSPS) is 11.0. The van der Waals surface area contributed by atoms with E-state index in [9.17, 15) is 4.79 Å². The lowest BCUT2D eigenvalue weighted by Gasteiger charge is -2.08. The lowest BCUT2D eigenvalue weighted by atomic mass is 10.2. The van der Waals surface area contributed by atoms with Crippen molar-refractivity contribution >= 4 is 40.4 Å². The molecule has 4 nitrogen and oxygen atoms in total. The number of nitrogens with zero attached hydrogens (tertiary/aromatic N) is 2. The topological polar surface area (TPSA) is 46.4 Å². The Morgan fingerprint density at radius 2 is 2.04 bits per heavy atom. The molecular weight excluding hydrogens is 333 g/mol. The number of hydrogen-bond donors (Lipinski definition) is 1. The second kappa shape index (κ2) is 6.22. The van der Waals surface area contributed by atoms with Crippen molar-refractivity contribution in [3.05, 3.63) is 63.5 Å². The lowest BCUT2D eigenvalue weighted by molar-refractivity contribution is 0.102. The highest BCUT2D eigenvalue weighted by molar-refractivity contribution is 6.31. The van der Waals surface area contributed by atoms with Gasteiger partial charge in [0.05, 0.1) is 5.69 Å². The summed E-state index contributed by atoms with van der Waals surface area (Å²) in [7, 11) is 0.